The van der Waals surface area contributed by atoms with Crippen molar-refractivity contribution in [2.75, 3.05) is 95.9 Å². The van der Waals surface area contributed by atoms with E-state index >= 15 is 0 Å². The fraction of sp³-hybridized carbons (Fsp3) is 0.657. The maximum Gasteiger partial charge on any atom is 0.282 e. The summed E-state index contributed by atoms with van der Waals surface area (Å²) in [7, 11) is 0.610. The van der Waals surface area contributed by atoms with Crippen LogP contribution in [0.4, 0.5) is 11.4 Å². The molecule has 3 fully saturated rings. The lowest BCUT2D eigenvalue weighted by atomic mass is 9.89. The Morgan fingerprint density at radius 1 is 0.711 bits per heavy atom. The number of hydrogen-bond acceptors (Lipinski definition) is 7. The van der Waals surface area contributed by atoms with Crippen molar-refractivity contribution in [1.29, 1.82) is 0 Å². The van der Waals surface area contributed by atoms with Crippen molar-refractivity contribution in [2.24, 2.45) is 5.92 Å². The first-order valence-corrected chi connectivity index (χ1v) is 19.4. The third kappa shape index (κ3) is 9.84. The van der Waals surface area contributed by atoms with Gasteiger partial charge in [-0.25, -0.2) is 4.31 Å². The quantitative estimate of drug-likeness (QED) is 0.333. The summed E-state index contributed by atoms with van der Waals surface area (Å²) in [6, 6.07) is 17.2. The van der Waals surface area contributed by atoms with Crippen LogP contribution in [0.5, 0.6) is 0 Å². The van der Waals surface area contributed by atoms with Crippen LogP contribution < -0.4 is 9.80 Å². The van der Waals surface area contributed by atoms with Crippen LogP contribution in [-0.4, -0.2) is 112 Å². The van der Waals surface area contributed by atoms with Gasteiger partial charge in [-0.1, -0.05) is 37.5 Å². The minimum Gasteiger partial charge on any atom is -0.378 e. The Bertz CT molecular complexity index is 1280. The van der Waals surface area contributed by atoms with E-state index in [4.69, 9.17) is 0 Å². The first-order chi connectivity index (χ1) is 21.8. The Morgan fingerprint density at radius 3 is 1.96 bits per heavy atom. The number of benzene rings is 2. The highest BCUT2D eigenvalue weighted by Gasteiger charge is 2.33. The number of rotatable bonds is 8. The molecule has 2 aromatic carbocycles. The molecule has 0 aromatic heterocycles. The van der Waals surface area contributed by atoms with Gasteiger partial charge in [0.05, 0.1) is 0 Å². The third-order valence-corrected chi connectivity index (χ3v) is 12.9. The normalized spacial score (nSPS) is 21.7. The molecule has 0 bridgehead atoms. The number of anilines is 2. The highest BCUT2D eigenvalue weighted by Crippen LogP contribution is 2.28. The van der Waals surface area contributed by atoms with E-state index in [0.29, 0.717) is 26.2 Å². The zero-order valence-electron chi connectivity index (χ0n) is 27.9. The number of hydrogen-bond donors (Lipinski definition) is 0. The predicted octanol–water partition coefficient (Wildman–Crippen LogP) is 5.81. The SMILES string of the molecule is Cc1ccccc1N1CCN(S(=O)(=O)N2CCCN(CC3CCCCC3)CCCN(Sc3ccc(N(C)C)cc3)CCC2)CC1. The van der Waals surface area contributed by atoms with E-state index in [1.807, 2.05) is 16.3 Å². The van der Waals surface area contributed by atoms with Crippen LogP contribution in [0.2, 0.25) is 0 Å². The molecule has 0 spiro atoms. The second-order valence-electron chi connectivity index (χ2n) is 13.4. The van der Waals surface area contributed by atoms with Gasteiger partial charge in [0.2, 0.25) is 0 Å². The topological polar surface area (TPSA) is 53.6 Å². The van der Waals surface area contributed by atoms with Gasteiger partial charge >= 0.3 is 0 Å². The van der Waals surface area contributed by atoms with Crippen molar-refractivity contribution in [2.45, 2.75) is 63.2 Å². The molecule has 8 nitrogen and oxygen atoms in total. The Labute approximate surface area is 278 Å². The van der Waals surface area contributed by atoms with Gasteiger partial charge in [0, 0.05) is 89.3 Å². The van der Waals surface area contributed by atoms with Gasteiger partial charge in [-0.3, -0.25) is 0 Å². The Balaban J connectivity index is 1.25. The van der Waals surface area contributed by atoms with E-state index in [1.165, 1.54) is 53.9 Å². The summed E-state index contributed by atoms with van der Waals surface area (Å²) in [4.78, 5) is 8.35. The van der Waals surface area contributed by atoms with Gasteiger partial charge in [-0.05, 0) is 106 Å². The summed E-state index contributed by atoms with van der Waals surface area (Å²) in [6.45, 7) is 10.9. The number of aryl methyl sites for hydroxylation is 1. The number of piperazine rings is 1. The summed E-state index contributed by atoms with van der Waals surface area (Å²) < 4.78 is 34.3. The fourth-order valence-corrected chi connectivity index (χ4v) is 9.80. The van der Waals surface area contributed by atoms with Crippen molar-refractivity contribution >= 4 is 33.5 Å². The number of nitrogens with zero attached hydrogens (tertiary/aromatic N) is 6. The molecule has 3 aliphatic rings. The van der Waals surface area contributed by atoms with E-state index in [2.05, 4.69) is 88.6 Å². The zero-order chi connectivity index (χ0) is 31.6. The Hall–Kier alpha value is -1.82. The Morgan fingerprint density at radius 2 is 1.31 bits per heavy atom. The van der Waals surface area contributed by atoms with Crippen molar-refractivity contribution in [3.63, 3.8) is 0 Å². The predicted molar refractivity (Wildman–Crippen MR) is 191 cm³/mol. The molecule has 1 saturated carbocycles. The lowest BCUT2D eigenvalue weighted by molar-refractivity contribution is 0.185. The van der Waals surface area contributed by atoms with E-state index in [9.17, 15) is 8.42 Å². The molecule has 1 aliphatic carbocycles. The van der Waals surface area contributed by atoms with Crippen LogP contribution in [0.15, 0.2) is 53.4 Å². The van der Waals surface area contributed by atoms with Crippen molar-refractivity contribution < 1.29 is 8.42 Å². The maximum atomic E-state index is 14.1. The summed E-state index contributed by atoms with van der Waals surface area (Å²) >= 11 is 1.82. The standard InChI is InChI=1S/C35H56N6O2S2/c1-31-12-7-8-15-35(31)38-26-28-41(29-27-38)45(42,43)40-24-10-21-37(30-32-13-5-4-6-14-32)20-9-22-39(23-11-25-40)44-34-18-16-33(17-19-34)36(2)3/h7-8,12,15-19,32H,4-6,9-11,13-14,20-30H2,1-3H3. The minimum atomic E-state index is -3.53. The van der Waals surface area contributed by atoms with E-state index in [1.54, 1.807) is 4.31 Å². The molecule has 0 amide bonds. The largest absolute Gasteiger partial charge is 0.378 e. The summed E-state index contributed by atoms with van der Waals surface area (Å²) in [5.74, 6) is 0.789. The van der Waals surface area contributed by atoms with Crippen molar-refractivity contribution in [3.05, 3.63) is 54.1 Å². The molecular weight excluding hydrogens is 601 g/mol. The van der Waals surface area contributed by atoms with Crippen LogP contribution in [0.25, 0.3) is 0 Å². The second kappa shape index (κ2) is 16.8. The first kappa shape index (κ1) is 34.5. The summed E-state index contributed by atoms with van der Waals surface area (Å²) in [5.41, 5.74) is 3.66. The number of para-hydroxylation sites is 1. The zero-order valence-corrected chi connectivity index (χ0v) is 29.6. The van der Waals surface area contributed by atoms with Gasteiger partial charge in [0.1, 0.15) is 0 Å². The molecule has 2 aliphatic heterocycles. The minimum absolute atomic E-state index is 0.534. The van der Waals surface area contributed by atoms with Crippen LogP contribution in [0.1, 0.15) is 56.9 Å². The molecule has 0 atom stereocenters. The van der Waals surface area contributed by atoms with Crippen molar-refractivity contribution in [3.8, 4) is 0 Å². The average molecular weight is 657 g/mol. The van der Waals surface area contributed by atoms with Gasteiger partial charge in [0.15, 0.2) is 0 Å². The molecule has 10 heteroatoms. The molecule has 2 saturated heterocycles. The molecule has 5 rings (SSSR count). The molecule has 45 heavy (non-hydrogen) atoms. The molecular formula is C35H56N6O2S2. The smallest absolute Gasteiger partial charge is 0.282 e. The molecule has 0 unspecified atom stereocenters. The van der Waals surface area contributed by atoms with Crippen LogP contribution in [-0.2, 0) is 10.2 Å². The van der Waals surface area contributed by atoms with Crippen LogP contribution >= 0.6 is 11.9 Å². The lowest BCUT2D eigenvalue weighted by Gasteiger charge is -2.38. The van der Waals surface area contributed by atoms with Crippen LogP contribution in [0, 0.1) is 12.8 Å². The van der Waals surface area contributed by atoms with E-state index in [0.717, 1.165) is 71.0 Å². The lowest BCUT2D eigenvalue weighted by Crippen LogP contribution is -2.53. The van der Waals surface area contributed by atoms with Crippen molar-refractivity contribution in [1.82, 2.24) is 17.8 Å². The highest BCUT2D eigenvalue weighted by atomic mass is 32.2. The van der Waals surface area contributed by atoms with Gasteiger partial charge in [0.25, 0.3) is 10.2 Å². The third-order valence-electron chi connectivity index (χ3n) is 9.75. The Kier molecular flexibility index (Phi) is 12.9. The van der Waals surface area contributed by atoms with Gasteiger partial charge in [-0.15, -0.1) is 0 Å². The second-order valence-corrected chi connectivity index (χ2v) is 16.5. The summed E-state index contributed by atoms with van der Waals surface area (Å²) in [5, 5.41) is 0. The average Bonchev–Trinajstić information content (AvgIpc) is 3.04. The van der Waals surface area contributed by atoms with E-state index < -0.39 is 10.2 Å². The molecule has 250 valence electrons. The molecule has 0 N–H and O–H groups in total. The molecule has 0 radical (unpaired) electrons. The van der Waals surface area contributed by atoms with Gasteiger partial charge in [-0.2, -0.15) is 17.0 Å². The maximum absolute atomic E-state index is 14.1. The van der Waals surface area contributed by atoms with Gasteiger partial charge < -0.3 is 14.7 Å². The monoisotopic (exact) mass is 656 g/mol. The first-order valence-electron chi connectivity index (χ1n) is 17.3. The van der Waals surface area contributed by atoms with E-state index in [-0.39, 0.29) is 0 Å². The fourth-order valence-electron chi connectivity index (χ4n) is 7.14. The molecule has 2 aromatic rings. The summed E-state index contributed by atoms with van der Waals surface area (Å²) in [6.07, 6.45) is 9.65. The van der Waals surface area contributed by atoms with Crippen LogP contribution in [0.3, 0.4) is 0 Å². The highest BCUT2D eigenvalue weighted by molar-refractivity contribution is 7.97. The molecule has 2 heterocycles.